The van der Waals surface area contributed by atoms with E-state index in [0.29, 0.717) is 27.4 Å². The smallest absolute Gasteiger partial charge is 0.262 e. The molecule has 0 spiro atoms. The highest BCUT2D eigenvalue weighted by atomic mass is 32.2. The van der Waals surface area contributed by atoms with Gasteiger partial charge in [-0.05, 0) is 54.5 Å². The topological polar surface area (TPSA) is 64.8 Å². The van der Waals surface area contributed by atoms with E-state index < -0.39 is 21.6 Å². The molecule has 0 aliphatic carbocycles. The molecule has 0 aliphatic rings. The van der Waals surface area contributed by atoms with Crippen LogP contribution in [0, 0.1) is 0 Å². The number of hydrogen-bond donors (Lipinski definition) is 0. The molecule has 4 aromatic rings. The van der Waals surface area contributed by atoms with Crippen LogP contribution in [0.25, 0.3) is 32.3 Å². The van der Waals surface area contributed by atoms with Crippen LogP contribution in [0.3, 0.4) is 0 Å². The van der Waals surface area contributed by atoms with Gasteiger partial charge in [0.05, 0.1) is 38.6 Å². The molecule has 3 heterocycles. The number of thiophene rings is 1. The quantitative estimate of drug-likeness (QED) is 0.339. The Morgan fingerprint density at radius 2 is 1.82 bits per heavy atom. The number of pyridine rings is 1. The van der Waals surface area contributed by atoms with Crippen LogP contribution in [0.4, 0.5) is 13.2 Å². The van der Waals surface area contributed by atoms with Crippen molar-refractivity contribution in [2.24, 2.45) is 0 Å². The lowest BCUT2D eigenvalue weighted by Crippen LogP contribution is -2.12. The third-order valence-electron chi connectivity index (χ3n) is 4.89. The predicted molar refractivity (Wildman–Crippen MR) is 123 cm³/mol. The van der Waals surface area contributed by atoms with E-state index in [1.54, 1.807) is 43.3 Å². The van der Waals surface area contributed by atoms with Gasteiger partial charge in [0.1, 0.15) is 0 Å². The summed E-state index contributed by atoms with van der Waals surface area (Å²) in [5.74, 6) is 0. The number of allylic oxidation sites excluding steroid dienone is 1. The first-order valence-corrected chi connectivity index (χ1v) is 12.3. The van der Waals surface area contributed by atoms with Crippen molar-refractivity contribution in [1.82, 2.24) is 14.8 Å². The maximum Gasteiger partial charge on any atom is 0.418 e. The Kier molecular flexibility index (Phi) is 5.75. The monoisotopic (exact) mass is 489 g/mol. The molecule has 1 aromatic carbocycles. The lowest BCUT2D eigenvalue weighted by Gasteiger charge is -2.13. The highest BCUT2D eigenvalue weighted by Crippen LogP contribution is 2.39. The van der Waals surface area contributed by atoms with Crippen molar-refractivity contribution in [3.8, 4) is 26.7 Å². The molecule has 0 saturated carbocycles. The first-order chi connectivity index (χ1) is 15.4. The number of alkyl halides is 3. The standard InChI is InChI=1S/C23H18F3N3O2S2/c1-14(2)18-12-19(29(28-18)20-13-27-10-9-17(20)23(24,25)26)22-8-7-21(32-22)15-5-4-6-16(11-15)33(3,30)31/h4-13H,1H2,2-3H3. The molecule has 0 unspecified atom stereocenters. The van der Waals surface area contributed by atoms with Crippen molar-refractivity contribution in [3.05, 3.63) is 78.8 Å². The Hall–Kier alpha value is -3.24. The molecule has 0 saturated heterocycles. The van der Waals surface area contributed by atoms with Crippen LogP contribution in [0.5, 0.6) is 0 Å². The summed E-state index contributed by atoms with van der Waals surface area (Å²) in [6.07, 6.45) is -1.23. The Morgan fingerprint density at radius 3 is 2.48 bits per heavy atom. The van der Waals surface area contributed by atoms with E-state index in [1.807, 2.05) is 0 Å². The van der Waals surface area contributed by atoms with Crippen LogP contribution in [0.15, 0.2) is 72.4 Å². The van der Waals surface area contributed by atoms with Gasteiger partial charge in [0.15, 0.2) is 9.84 Å². The summed E-state index contributed by atoms with van der Waals surface area (Å²) in [7, 11) is -3.38. The highest BCUT2D eigenvalue weighted by Gasteiger charge is 2.35. The lowest BCUT2D eigenvalue weighted by molar-refractivity contribution is -0.137. The molecule has 3 aromatic heterocycles. The van der Waals surface area contributed by atoms with Crippen molar-refractivity contribution >= 4 is 26.7 Å². The lowest BCUT2D eigenvalue weighted by atomic mass is 10.2. The van der Waals surface area contributed by atoms with Gasteiger partial charge in [0, 0.05) is 17.3 Å². The molecule has 0 N–H and O–H groups in total. The normalized spacial score (nSPS) is 12.2. The largest absolute Gasteiger partial charge is 0.418 e. The summed E-state index contributed by atoms with van der Waals surface area (Å²) in [5, 5.41) is 4.36. The third-order valence-corrected chi connectivity index (χ3v) is 7.15. The SMILES string of the molecule is C=C(C)c1cc(-c2ccc(-c3cccc(S(C)(=O)=O)c3)s2)n(-c2cnccc2C(F)(F)F)n1. The number of benzene rings is 1. The van der Waals surface area contributed by atoms with E-state index in [9.17, 15) is 21.6 Å². The van der Waals surface area contributed by atoms with E-state index in [-0.39, 0.29) is 10.6 Å². The molecular formula is C23H18F3N3O2S2. The Balaban J connectivity index is 1.86. The number of hydrogen-bond acceptors (Lipinski definition) is 5. The fourth-order valence-electron chi connectivity index (χ4n) is 3.25. The molecule has 0 amide bonds. The van der Waals surface area contributed by atoms with Crippen LogP contribution >= 0.6 is 11.3 Å². The summed E-state index contributed by atoms with van der Waals surface area (Å²) in [5.41, 5.74) is 1.15. The maximum atomic E-state index is 13.7. The second kappa shape index (κ2) is 8.27. The van der Waals surface area contributed by atoms with E-state index in [0.717, 1.165) is 29.6 Å². The average molecular weight is 490 g/mol. The minimum Gasteiger partial charge on any atom is -0.262 e. The number of nitrogens with zero attached hydrogens (tertiary/aromatic N) is 3. The van der Waals surface area contributed by atoms with Gasteiger partial charge in [-0.25, -0.2) is 13.1 Å². The van der Waals surface area contributed by atoms with Gasteiger partial charge in [-0.1, -0.05) is 18.7 Å². The van der Waals surface area contributed by atoms with Crippen molar-refractivity contribution in [2.75, 3.05) is 6.26 Å². The molecule has 33 heavy (non-hydrogen) atoms. The second-order valence-corrected chi connectivity index (χ2v) is 10.6. The van der Waals surface area contributed by atoms with Crippen LogP contribution in [0.2, 0.25) is 0 Å². The molecule has 0 fully saturated rings. The Bertz CT molecular complexity index is 1470. The zero-order chi connectivity index (χ0) is 24.0. The van der Waals surface area contributed by atoms with Crippen LogP contribution in [0.1, 0.15) is 18.2 Å². The number of halogens is 3. The molecule has 170 valence electrons. The number of rotatable bonds is 5. The van der Waals surface area contributed by atoms with E-state index in [2.05, 4.69) is 16.7 Å². The van der Waals surface area contributed by atoms with Gasteiger partial charge < -0.3 is 0 Å². The van der Waals surface area contributed by atoms with E-state index in [1.165, 1.54) is 22.1 Å². The third kappa shape index (κ3) is 4.62. The van der Waals surface area contributed by atoms with Gasteiger partial charge in [-0.15, -0.1) is 11.3 Å². The van der Waals surface area contributed by atoms with Gasteiger partial charge in [0.2, 0.25) is 0 Å². The maximum absolute atomic E-state index is 13.7. The van der Waals surface area contributed by atoms with Crippen molar-refractivity contribution in [1.29, 1.82) is 0 Å². The summed E-state index contributed by atoms with van der Waals surface area (Å²) < 4.78 is 66.0. The number of sulfone groups is 1. The molecule has 5 nitrogen and oxygen atoms in total. The fourth-order valence-corrected chi connectivity index (χ4v) is 4.92. The summed E-state index contributed by atoms with van der Waals surface area (Å²) in [4.78, 5) is 5.49. The zero-order valence-corrected chi connectivity index (χ0v) is 19.2. The minimum atomic E-state index is -4.59. The first kappa shape index (κ1) is 22.9. The van der Waals surface area contributed by atoms with Gasteiger partial charge in [-0.2, -0.15) is 18.3 Å². The molecule has 0 radical (unpaired) electrons. The van der Waals surface area contributed by atoms with E-state index >= 15 is 0 Å². The number of aromatic nitrogens is 3. The van der Waals surface area contributed by atoms with Gasteiger partial charge in [0.25, 0.3) is 0 Å². The average Bonchev–Trinajstić information content (AvgIpc) is 3.40. The van der Waals surface area contributed by atoms with E-state index in [4.69, 9.17) is 0 Å². The fraction of sp³-hybridized carbons (Fsp3) is 0.130. The Labute approximate surface area is 192 Å². The minimum absolute atomic E-state index is 0.190. The first-order valence-electron chi connectivity index (χ1n) is 9.63. The Morgan fingerprint density at radius 1 is 1.09 bits per heavy atom. The summed E-state index contributed by atoms with van der Waals surface area (Å²) in [6.45, 7) is 5.58. The van der Waals surface area contributed by atoms with Crippen molar-refractivity contribution in [2.45, 2.75) is 18.0 Å². The van der Waals surface area contributed by atoms with Crippen LogP contribution < -0.4 is 0 Å². The summed E-state index contributed by atoms with van der Waals surface area (Å²) in [6, 6.07) is 12.7. The molecule has 0 atom stereocenters. The molecule has 0 bridgehead atoms. The second-order valence-electron chi connectivity index (χ2n) is 7.46. The van der Waals surface area contributed by atoms with Gasteiger partial charge >= 0.3 is 6.18 Å². The van der Waals surface area contributed by atoms with Crippen LogP contribution in [-0.4, -0.2) is 29.4 Å². The predicted octanol–water partition coefficient (Wildman–Crippen LogP) is 6.12. The van der Waals surface area contributed by atoms with Crippen molar-refractivity contribution in [3.63, 3.8) is 0 Å². The zero-order valence-electron chi connectivity index (χ0n) is 17.6. The van der Waals surface area contributed by atoms with Crippen molar-refractivity contribution < 1.29 is 21.6 Å². The summed E-state index contributed by atoms with van der Waals surface area (Å²) >= 11 is 1.32. The highest BCUT2D eigenvalue weighted by molar-refractivity contribution is 7.90. The molecular weight excluding hydrogens is 471 g/mol. The van der Waals surface area contributed by atoms with Crippen LogP contribution in [-0.2, 0) is 16.0 Å². The van der Waals surface area contributed by atoms with Gasteiger partial charge in [-0.3, -0.25) is 4.98 Å². The molecule has 10 heteroatoms. The molecule has 0 aliphatic heterocycles. The molecule has 4 rings (SSSR count).